The molecule has 0 bridgehead atoms. The smallest absolute Gasteiger partial charge is 0.308 e. The zero-order valence-corrected chi connectivity index (χ0v) is 19.8. The number of aryl methyl sites for hydroxylation is 2. The van der Waals surface area contributed by atoms with Crippen LogP contribution in [0.15, 0.2) is 97.1 Å². The summed E-state index contributed by atoms with van der Waals surface area (Å²) in [5.41, 5.74) is 7.02. The molecule has 0 saturated carbocycles. The molecule has 4 amide bonds. The number of anilines is 4. The number of amides is 4. The maximum absolute atomic E-state index is 12.5. The second-order valence-electron chi connectivity index (χ2n) is 8.37. The van der Waals surface area contributed by atoms with Crippen LogP contribution in [0.25, 0.3) is 0 Å². The Morgan fingerprint density at radius 1 is 0.543 bits per heavy atom. The molecule has 6 heteroatoms. The predicted molar refractivity (Wildman–Crippen MR) is 143 cm³/mol. The van der Waals surface area contributed by atoms with Crippen LogP contribution in [0, 0.1) is 13.8 Å². The largest absolute Gasteiger partial charge is 0.323 e. The first kappa shape index (κ1) is 23.6. The molecule has 0 aliphatic carbocycles. The van der Waals surface area contributed by atoms with Gasteiger partial charge in [0.05, 0.1) is 0 Å². The number of carbonyl (C=O) groups is 2. The standard InChI is InChI=1S/C29H28N4O2/c1-20-13-15-22(18-26(20)32-28(34)30-24-9-5-3-6-10-24)17-23-16-14-21(2)27(19-23)33-29(35)31-25-11-7-4-8-12-25/h3-16,18-19H,17H2,1-2H3,(H2,30,32,34)(H2,31,33,35). The van der Waals surface area contributed by atoms with E-state index in [9.17, 15) is 9.59 Å². The van der Waals surface area contributed by atoms with Gasteiger partial charge in [-0.15, -0.1) is 0 Å². The number of benzene rings is 4. The number of urea groups is 2. The molecule has 6 nitrogen and oxygen atoms in total. The summed E-state index contributed by atoms with van der Waals surface area (Å²) >= 11 is 0. The molecule has 0 saturated heterocycles. The lowest BCUT2D eigenvalue weighted by Gasteiger charge is -2.14. The fourth-order valence-electron chi connectivity index (χ4n) is 3.68. The highest BCUT2D eigenvalue weighted by molar-refractivity contribution is 6.01. The third-order valence-corrected chi connectivity index (χ3v) is 5.57. The van der Waals surface area contributed by atoms with E-state index in [4.69, 9.17) is 0 Å². The molecule has 0 heterocycles. The molecular formula is C29H28N4O2. The minimum absolute atomic E-state index is 0.289. The van der Waals surface area contributed by atoms with Crippen LogP contribution in [-0.4, -0.2) is 12.1 Å². The van der Waals surface area contributed by atoms with Crippen molar-refractivity contribution in [2.45, 2.75) is 20.3 Å². The Morgan fingerprint density at radius 3 is 1.34 bits per heavy atom. The molecule has 0 radical (unpaired) electrons. The molecule has 4 N–H and O–H groups in total. The van der Waals surface area contributed by atoms with E-state index in [0.29, 0.717) is 6.42 Å². The fraction of sp³-hybridized carbons (Fsp3) is 0.103. The van der Waals surface area contributed by atoms with Crippen LogP contribution in [-0.2, 0) is 6.42 Å². The molecule has 4 aromatic carbocycles. The van der Waals surface area contributed by atoms with Crippen LogP contribution in [0.1, 0.15) is 22.3 Å². The summed E-state index contributed by atoms with van der Waals surface area (Å²) in [5, 5.41) is 11.6. The number of hydrogen-bond acceptors (Lipinski definition) is 2. The summed E-state index contributed by atoms with van der Waals surface area (Å²) in [6.45, 7) is 3.92. The minimum atomic E-state index is -0.289. The van der Waals surface area contributed by atoms with E-state index in [2.05, 4.69) is 21.3 Å². The van der Waals surface area contributed by atoms with E-state index < -0.39 is 0 Å². The zero-order valence-electron chi connectivity index (χ0n) is 19.8. The first-order valence-corrected chi connectivity index (χ1v) is 11.4. The van der Waals surface area contributed by atoms with E-state index in [0.717, 1.165) is 45.0 Å². The van der Waals surface area contributed by atoms with Crippen molar-refractivity contribution in [1.82, 2.24) is 0 Å². The maximum Gasteiger partial charge on any atom is 0.323 e. The second kappa shape index (κ2) is 11.0. The normalized spacial score (nSPS) is 10.3. The van der Waals surface area contributed by atoms with Gasteiger partial charge in [0.2, 0.25) is 0 Å². The van der Waals surface area contributed by atoms with E-state index in [-0.39, 0.29) is 12.1 Å². The fourth-order valence-corrected chi connectivity index (χ4v) is 3.68. The molecule has 176 valence electrons. The summed E-state index contributed by atoms with van der Waals surface area (Å²) in [6.07, 6.45) is 0.657. The van der Waals surface area contributed by atoms with Crippen LogP contribution < -0.4 is 21.3 Å². The van der Waals surface area contributed by atoms with Gasteiger partial charge in [0, 0.05) is 22.7 Å². The lowest BCUT2D eigenvalue weighted by Crippen LogP contribution is -2.20. The minimum Gasteiger partial charge on any atom is -0.308 e. The Morgan fingerprint density at radius 2 is 0.943 bits per heavy atom. The molecule has 0 atom stereocenters. The van der Waals surface area contributed by atoms with E-state index in [1.807, 2.05) is 111 Å². The van der Waals surface area contributed by atoms with Crippen molar-refractivity contribution in [2.75, 3.05) is 21.3 Å². The highest BCUT2D eigenvalue weighted by Gasteiger charge is 2.09. The van der Waals surface area contributed by atoms with Crippen molar-refractivity contribution in [1.29, 1.82) is 0 Å². The van der Waals surface area contributed by atoms with Crippen molar-refractivity contribution in [3.05, 3.63) is 119 Å². The third-order valence-electron chi connectivity index (χ3n) is 5.57. The van der Waals surface area contributed by atoms with Crippen LogP contribution in [0.3, 0.4) is 0 Å². The van der Waals surface area contributed by atoms with E-state index >= 15 is 0 Å². The van der Waals surface area contributed by atoms with Gasteiger partial charge in [0.25, 0.3) is 0 Å². The summed E-state index contributed by atoms with van der Waals surface area (Å²) < 4.78 is 0. The van der Waals surface area contributed by atoms with Crippen molar-refractivity contribution in [3.8, 4) is 0 Å². The van der Waals surface area contributed by atoms with Gasteiger partial charge in [0.15, 0.2) is 0 Å². The highest BCUT2D eigenvalue weighted by atomic mass is 16.2. The van der Waals surface area contributed by atoms with Crippen LogP contribution in [0.4, 0.5) is 32.3 Å². The molecule has 0 spiro atoms. The average Bonchev–Trinajstić information content (AvgIpc) is 2.84. The topological polar surface area (TPSA) is 82.3 Å². The predicted octanol–water partition coefficient (Wildman–Crippen LogP) is 7.18. The maximum atomic E-state index is 12.5. The quantitative estimate of drug-likeness (QED) is 0.244. The number of para-hydroxylation sites is 2. The molecule has 0 aliphatic heterocycles. The first-order chi connectivity index (χ1) is 17.0. The molecule has 4 aromatic rings. The molecule has 0 aliphatic rings. The monoisotopic (exact) mass is 464 g/mol. The lowest BCUT2D eigenvalue weighted by atomic mass is 10.0. The van der Waals surface area contributed by atoms with Gasteiger partial charge >= 0.3 is 12.1 Å². The Hall–Kier alpha value is -4.58. The van der Waals surface area contributed by atoms with Crippen LogP contribution in [0.2, 0.25) is 0 Å². The lowest BCUT2D eigenvalue weighted by molar-refractivity contribution is 0.261. The SMILES string of the molecule is Cc1ccc(Cc2ccc(C)c(NC(=O)Nc3ccccc3)c2)cc1NC(=O)Nc1ccccc1. The van der Waals surface area contributed by atoms with Crippen LogP contribution in [0.5, 0.6) is 0 Å². The van der Waals surface area contributed by atoms with Gasteiger partial charge in [-0.25, -0.2) is 9.59 Å². The summed E-state index contributed by atoms with van der Waals surface area (Å²) in [5.74, 6) is 0. The Balaban J connectivity index is 1.43. The van der Waals surface area contributed by atoms with Gasteiger partial charge in [0.1, 0.15) is 0 Å². The van der Waals surface area contributed by atoms with Crippen LogP contribution >= 0.6 is 0 Å². The van der Waals surface area contributed by atoms with Gasteiger partial charge in [-0.1, -0.05) is 60.7 Å². The van der Waals surface area contributed by atoms with Crippen molar-refractivity contribution >= 4 is 34.8 Å². The Bertz CT molecular complexity index is 1220. The van der Waals surface area contributed by atoms with Crippen molar-refractivity contribution in [3.63, 3.8) is 0 Å². The molecule has 35 heavy (non-hydrogen) atoms. The second-order valence-corrected chi connectivity index (χ2v) is 8.37. The number of nitrogens with one attached hydrogen (secondary N) is 4. The number of hydrogen-bond donors (Lipinski definition) is 4. The number of rotatable bonds is 6. The van der Waals surface area contributed by atoms with Crippen molar-refractivity contribution < 1.29 is 9.59 Å². The van der Waals surface area contributed by atoms with Gasteiger partial charge in [-0.3, -0.25) is 0 Å². The zero-order chi connectivity index (χ0) is 24.6. The highest BCUT2D eigenvalue weighted by Crippen LogP contribution is 2.23. The Kier molecular flexibility index (Phi) is 7.43. The average molecular weight is 465 g/mol. The summed E-state index contributed by atoms with van der Waals surface area (Å²) in [4.78, 5) is 24.9. The molecule has 4 rings (SSSR count). The van der Waals surface area contributed by atoms with Gasteiger partial charge in [-0.05, 0) is 78.9 Å². The summed E-state index contributed by atoms with van der Waals surface area (Å²) in [6, 6.07) is 30.1. The van der Waals surface area contributed by atoms with Gasteiger partial charge in [-0.2, -0.15) is 0 Å². The number of carbonyl (C=O) groups excluding carboxylic acids is 2. The summed E-state index contributed by atoms with van der Waals surface area (Å²) in [7, 11) is 0. The Labute approximate surface area is 205 Å². The molecular weight excluding hydrogens is 436 g/mol. The van der Waals surface area contributed by atoms with E-state index in [1.54, 1.807) is 0 Å². The first-order valence-electron chi connectivity index (χ1n) is 11.4. The molecule has 0 fully saturated rings. The third kappa shape index (κ3) is 6.71. The van der Waals surface area contributed by atoms with Gasteiger partial charge < -0.3 is 21.3 Å². The molecule has 0 unspecified atom stereocenters. The van der Waals surface area contributed by atoms with Crippen molar-refractivity contribution in [2.24, 2.45) is 0 Å². The van der Waals surface area contributed by atoms with E-state index in [1.165, 1.54) is 0 Å². The molecule has 0 aromatic heterocycles.